The van der Waals surface area contributed by atoms with Gasteiger partial charge in [0.2, 0.25) is 0 Å². The topological polar surface area (TPSA) is 51.8 Å². The summed E-state index contributed by atoms with van der Waals surface area (Å²) in [6.45, 7) is 9.65. The van der Waals surface area contributed by atoms with E-state index in [2.05, 4.69) is 161 Å². The Labute approximate surface area is 322 Å². The van der Waals surface area contributed by atoms with Crippen LogP contribution in [0.1, 0.15) is 92.7 Å². The Morgan fingerprint density at radius 1 is 0.709 bits per heavy atom. The van der Waals surface area contributed by atoms with Crippen molar-refractivity contribution >= 4 is 33.1 Å². The minimum atomic E-state index is -0.0595. The van der Waals surface area contributed by atoms with Crippen molar-refractivity contribution in [2.24, 2.45) is 5.92 Å². The van der Waals surface area contributed by atoms with E-state index in [0.717, 1.165) is 64.0 Å². The highest BCUT2D eigenvalue weighted by Gasteiger charge is 2.49. The molecule has 0 radical (unpaired) electrons. The number of nitrogens with zero attached hydrogens (tertiary/aromatic N) is 3. The van der Waals surface area contributed by atoms with Gasteiger partial charge in [-0.25, -0.2) is 15.0 Å². The highest BCUT2D eigenvalue weighted by atomic mass is 16.3. The maximum Gasteiger partial charge on any atom is 0.167 e. The van der Waals surface area contributed by atoms with Crippen molar-refractivity contribution in [2.75, 3.05) is 0 Å². The molecule has 3 unspecified atom stereocenters. The van der Waals surface area contributed by atoms with Gasteiger partial charge in [-0.3, -0.25) is 0 Å². The van der Waals surface area contributed by atoms with E-state index < -0.39 is 0 Å². The molecule has 0 bridgehead atoms. The van der Waals surface area contributed by atoms with Crippen LogP contribution in [0.4, 0.5) is 0 Å². The van der Waals surface area contributed by atoms with E-state index in [0.29, 0.717) is 17.7 Å². The summed E-state index contributed by atoms with van der Waals surface area (Å²) >= 11 is 0. The van der Waals surface area contributed by atoms with Gasteiger partial charge in [0, 0.05) is 33.6 Å². The lowest BCUT2D eigenvalue weighted by molar-refractivity contribution is 0.393. The molecule has 3 atom stereocenters. The fraction of sp³-hybridized carbons (Fsp3) is 0.235. The minimum absolute atomic E-state index is 0.0595. The average Bonchev–Trinajstić information content (AvgIpc) is 3.79. The number of allylic oxidation sites excluding steroid dienone is 12. The summed E-state index contributed by atoms with van der Waals surface area (Å²) in [6.07, 6.45) is 23.2. The van der Waals surface area contributed by atoms with Gasteiger partial charge in [0.05, 0.1) is 5.56 Å². The van der Waals surface area contributed by atoms with Crippen molar-refractivity contribution in [3.63, 3.8) is 0 Å². The second-order valence-corrected chi connectivity index (χ2v) is 17.0. The fourth-order valence-corrected chi connectivity index (χ4v) is 10.2. The quantitative estimate of drug-likeness (QED) is 0.182. The molecule has 2 heterocycles. The molecule has 268 valence electrons. The molecule has 55 heavy (non-hydrogen) atoms. The van der Waals surface area contributed by atoms with E-state index in [1.807, 2.05) is 0 Å². The Morgan fingerprint density at radius 2 is 1.56 bits per heavy atom. The molecule has 0 aliphatic heterocycles. The lowest BCUT2D eigenvalue weighted by atomic mass is 9.70. The molecular formula is C51H43N3O. The van der Waals surface area contributed by atoms with Crippen molar-refractivity contribution in [1.82, 2.24) is 15.0 Å². The normalized spacial score (nSPS) is 22.5. The average molecular weight is 714 g/mol. The monoisotopic (exact) mass is 713 g/mol. The molecule has 4 aromatic carbocycles. The number of fused-ring (bicyclic) bond motifs is 9. The fourth-order valence-electron chi connectivity index (χ4n) is 10.2. The molecule has 4 nitrogen and oxygen atoms in total. The van der Waals surface area contributed by atoms with Gasteiger partial charge in [-0.2, -0.15) is 0 Å². The van der Waals surface area contributed by atoms with Crippen LogP contribution in [0.5, 0.6) is 0 Å². The Bertz CT molecular complexity index is 2820. The standard InChI is InChI=1S/C51H43N3O/c1-50(2)41-21-12-11-18-34(41)38-28-44-39(29-43(38)50)37-26-32(22-24-42(37)51(44,3)4)33-23-25-45-40(27-33)35-19-13-20-36(46(35)55-45)49-53-47(30-14-7-5-8-15-30)52-48(54-49)31-16-9-6-10-17-31/h5,7-9,11-14,16-30,38,43H,6,10,15H2,1-4H3. The molecule has 0 N–H and O–H groups in total. The Balaban J connectivity index is 1.01. The van der Waals surface area contributed by atoms with Gasteiger partial charge in [0.1, 0.15) is 17.0 Å². The first kappa shape index (κ1) is 32.6. The molecule has 0 amide bonds. The van der Waals surface area contributed by atoms with Gasteiger partial charge in [-0.15, -0.1) is 0 Å². The number of hydrogen-bond acceptors (Lipinski definition) is 4. The van der Waals surface area contributed by atoms with E-state index in [9.17, 15) is 0 Å². The first-order valence-corrected chi connectivity index (χ1v) is 19.9. The van der Waals surface area contributed by atoms with Crippen LogP contribution >= 0.6 is 0 Å². The third-order valence-corrected chi connectivity index (χ3v) is 13.2. The third-order valence-electron chi connectivity index (χ3n) is 13.2. The van der Waals surface area contributed by atoms with Crippen molar-refractivity contribution in [2.45, 2.75) is 69.6 Å². The van der Waals surface area contributed by atoms with Crippen molar-refractivity contribution in [3.8, 4) is 22.5 Å². The highest BCUT2D eigenvalue weighted by molar-refractivity contribution is 6.10. The number of furan rings is 1. The lowest BCUT2D eigenvalue weighted by Gasteiger charge is -2.33. The third kappa shape index (κ3) is 4.86. The SMILES string of the molecule is CC1(C)C2=CC3c4ccccc4C(C)(C)C3C=C2c2cc(-c3ccc4oc5c(-c6nc(C7=CCCC=C7)nc(C7C=CC=CC7)n6)cccc5c4c3)ccc21. The molecule has 0 saturated carbocycles. The van der Waals surface area contributed by atoms with Gasteiger partial charge < -0.3 is 4.42 Å². The zero-order valence-corrected chi connectivity index (χ0v) is 31.8. The lowest BCUT2D eigenvalue weighted by Crippen LogP contribution is -2.27. The summed E-state index contributed by atoms with van der Waals surface area (Å²) < 4.78 is 6.69. The van der Waals surface area contributed by atoms with Crippen LogP contribution in [0, 0.1) is 5.92 Å². The Morgan fingerprint density at radius 3 is 2.42 bits per heavy atom. The van der Waals surface area contributed by atoms with Gasteiger partial charge in [0.25, 0.3) is 0 Å². The van der Waals surface area contributed by atoms with Gasteiger partial charge in [-0.05, 0) is 99.4 Å². The van der Waals surface area contributed by atoms with Crippen LogP contribution in [0.15, 0.2) is 144 Å². The smallest absolute Gasteiger partial charge is 0.167 e. The molecule has 4 heteroatoms. The van der Waals surface area contributed by atoms with Crippen LogP contribution in [0.2, 0.25) is 0 Å². The first-order chi connectivity index (χ1) is 26.8. The molecule has 11 rings (SSSR count). The number of benzene rings is 4. The summed E-state index contributed by atoms with van der Waals surface area (Å²) in [4.78, 5) is 15.2. The number of rotatable bonds is 4. The summed E-state index contributed by atoms with van der Waals surface area (Å²) in [5.74, 6) is 3.11. The van der Waals surface area contributed by atoms with Crippen molar-refractivity contribution < 1.29 is 4.42 Å². The summed E-state index contributed by atoms with van der Waals surface area (Å²) in [7, 11) is 0. The van der Waals surface area contributed by atoms with Gasteiger partial charge in [-0.1, -0.05) is 137 Å². The number of hydrogen-bond donors (Lipinski definition) is 0. The Kier molecular flexibility index (Phi) is 6.99. The predicted octanol–water partition coefficient (Wildman–Crippen LogP) is 12.7. The van der Waals surface area contributed by atoms with E-state index >= 15 is 0 Å². The summed E-state index contributed by atoms with van der Waals surface area (Å²) in [6, 6.07) is 29.2. The molecule has 5 aliphatic carbocycles. The first-order valence-electron chi connectivity index (χ1n) is 19.9. The molecule has 5 aliphatic rings. The minimum Gasteiger partial charge on any atom is -0.455 e. The van der Waals surface area contributed by atoms with E-state index in [4.69, 9.17) is 19.4 Å². The largest absolute Gasteiger partial charge is 0.455 e. The maximum absolute atomic E-state index is 6.69. The second-order valence-electron chi connectivity index (χ2n) is 17.0. The molecular weight excluding hydrogens is 671 g/mol. The van der Waals surface area contributed by atoms with E-state index in [-0.39, 0.29) is 16.7 Å². The van der Waals surface area contributed by atoms with Gasteiger partial charge >= 0.3 is 0 Å². The number of aromatic nitrogens is 3. The number of para-hydroxylation sites is 1. The van der Waals surface area contributed by atoms with E-state index in [1.54, 1.807) is 0 Å². The van der Waals surface area contributed by atoms with Crippen LogP contribution in [0.25, 0.3) is 55.6 Å². The zero-order chi connectivity index (χ0) is 37.1. The van der Waals surface area contributed by atoms with Crippen LogP contribution < -0.4 is 0 Å². The van der Waals surface area contributed by atoms with E-state index in [1.165, 1.54) is 44.5 Å². The van der Waals surface area contributed by atoms with Crippen molar-refractivity contribution in [3.05, 3.63) is 173 Å². The summed E-state index contributed by atoms with van der Waals surface area (Å²) in [5.41, 5.74) is 14.6. The van der Waals surface area contributed by atoms with Crippen LogP contribution in [-0.2, 0) is 10.8 Å². The Hall–Kier alpha value is -5.87. The van der Waals surface area contributed by atoms with Crippen LogP contribution in [0.3, 0.4) is 0 Å². The maximum atomic E-state index is 6.69. The predicted molar refractivity (Wildman–Crippen MR) is 225 cm³/mol. The molecule has 0 spiro atoms. The summed E-state index contributed by atoms with van der Waals surface area (Å²) in [5, 5.41) is 2.15. The molecule has 6 aromatic rings. The zero-order valence-electron chi connectivity index (χ0n) is 31.8. The van der Waals surface area contributed by atoms with Crippen molar-refractivity contribution in [1.29, 1.82) is 0 Å². The molecule has 0 fully saturated rings. The molecule has 2 aromatic heterocycles. The molecule has 0 saturated heterocycles. The van der Waals surface area contributed by atoms with Crippen LogP contribution in [-0.4, -0.2) is 15.0 Å². The second kappa shape index (κ2) is 11.8. The highest BCUT2D eigenvalue weighted by Crippen LogP contribution is 2.60. The van der Waals surface area contributed by atoms with Gasteiger partial charge in [0.15, 0.2) is 11.6 Å².